The van der Waals surface area contributed by atoms with Gasteiger partial charge in [0, 0.05) is 12.6 Å². The fraction of sp³-hybridized carbons (Fsp3) is 0.231. The molecule has 0 aromatic carbocycles. The lowest BCUT2D eigenvalue weighted by Gasteiger charge is -2.05. The molecule has 88 valence electrons. The molecule has 0 aliphatic heterocycles. The number of Topliss-reactive ketones (excluding diaryl/α,β-unsaturated/α-hetero) is 1. The Morgan fingerprint density at radius 2 is 2.35 bits per heavy atom. The average molecular weight is 247 g/mol. The fourth-order valence-corrected chi connectivity index (χ4v) is 2.30. The van der Waals surface area contributed by atoms with Gasteiger partial charge in [0.05, 0.1) is 12.7 Å². The fourth-order valence-electron chi connectivity index (χ4n) is 1.59. The molecule has 2 aromatic rings. The first-order valence-corrected chi connectivity index (χ1v) is 6.29. The Morgan fingerprint density at radius 1 is 1.47 bits per heavy atom. The van der Waals surface area contributed by atoms with Crippen LogP contribution in [0.1, 0.15) is 22.3 Å². The summed E-state index contributed by atoms with van der Waals surface area (Å²) >= 11 is 1.65. The zero-order valence-corrected chi connectivity index (χ0v) is 10.4. The van der Waals surface area contributed by atoms with Crippen molar-refractivity contribution in [3.63, 3.8) is 0 Å². The Morgan fingerprint density at radius 3 is 3.06 bits per heavy atom. The number of aryl methyl sites for hydroxylation is 1. The standard InChI is InChI=1S/C13H13NO2S/c1-16-13-11(3-2-7-14-13)12(15)5-4-10-6-8-17-9-10/h2-3,6-9H,4-5H2,1H3. The smallest absolute Gasteiger partial charge is 0.224 e. The Labute approximate surface area is 104 Å². The molecule has 0 unspecified atom stereocenters. The first kappa shape index (κ1) is 11.8. The summed E-state index contributed by atoms with van der Waals surface area (Å²) in [5, 5.41) is 4.08. The molecule has 0 saturated heterocycles. The van der Waals surface area contributed by atoms with Crippen LogP contribution >= 0.6 is 11.3 Å². The van der Waals surface area contributed by atoms with Gasteiger partial charge in [0.1, 0.15) is 0 Å². The number of nitrogens with zero attached hydrogens (tertiary/aromatic N) is 1. The first-order valence-electron chi connectivity index (χ1n) is 5.34. The zero-order chi connectivity index (χ0) is 12.1. The van der Waals surface area contributed by atoms with Gasteiger partial charge in [-0.2, -0.15) is 11.3 Å². The SMILES string of the molecule is COc1ncccc1C(=O)CCc1ccsc1. The average Bonchev–Trinajstić information content (AvgIpc) is 2.89. The number of ketones is 1. The molecule has 2 rings (SSSR count). The maximum absolute atomic E-state index is 12.0. The van der Waals surface area contributed by atoms with Crippen molar-refractivity contribution in [2.24, 2.45) is 0 Å². The maximum Gasteiger partial charge on any atom is 0.224 e. The van der Waals surface area contributed by atoms with Gasteiger partial charge in [-0.1, -0.05) is 0 Å². The number of hydrogen-bond donors (Lipinski definition) is 0. The Bertz CT molecular complexity index is 494. The summed E-state index contributed by atoms with van der Waals surface area (Å²) in [6.07, 6.45) is 2.87. The van der Waals surface area contributed by atoms with Crippen molar-refractivity contribution < 1.29 is 9.53 Å². The van der Waals surface area contributed by atoms with Gasteiger partial charge in [-0.15, -0.1) is 0 Å². The predicted molar refractivity (Wildman–Crippen MR) is 67.8 cm³/mol. The number of aromatic nitrogens is 1. The van der Waals surface area contributed by atoms with Crippen molar-refractivity contribution in [3.05, 3.63) is 46.3 Å². The third-order valence-electron chi connectivity index (χ3n) is 2.49. The first-order chi connectivity index (χ1) is 8.31. The van der Waals surface area contributed by atoms with Crippen LogP contribution in [0.25, 0.3) is 0 Å². The lowest BCUT2D eigenvalue weighted by molar-refractivity contribution is 0.0979. The van der Waals surface area contributed by atoms with Crippen molar-refractivity contribution in [2.45, 2.75) is 12.8 Å². The van der Waals surface area contributed by atoms with Gasteiger partial charge >= 0.3 is 0 Å². The second-order valence-electron chi connectivity index (χ2n) is 3.62. The van der Waals surface area contributed by atoms with E-state index < -0.39 is 0 Å². The van der Waals surface area contributed by atoms with E-state index in [9.17, 15) is 4.79 Å². The topological polar surface area (TPSA) is 39.2 Å². The minimum Gasteiger partial charge on any atom is -0.480 e. The summed E-state index contributed by atoms with van der Waals surface area (Å²) in [4.78, 5) is 16.0. The summed E-state index contributed by atoms with van der Waals surface area (Å²) in [5.74, 6) is 0.476. The monoisotopic (exact) mass is 247 g/mol. The number of carbonyl (C=O) groups excluding carboxylic acids is 1. The molecule has 0 amide bonds. The highest BCUT2D eigenvalue weighted by Crippen LogP contribution is 2.17. The molecule has 0 aliphatic rings. The van der Waals surface area contributed by atoms with Crippen molar-refractivity contribution in [3.8, 4) is 5.88 Å². The minimum atomic E-state index is 0.0705. The third-order valence-corrected chi connectivity index (χ3v) is 3.22. The summed E-state index contributed by atoms with van der Waals surface area (Å²) < 4.78 is 5.07. The van der Waals surface area contributed by atoms with Crippen LogP contribution in [0.5, 0.6) is 5.88 Å². The molecular formula is C13H13NO2S. The molecule has 3 nitrogen and oxygen atoms in total. The Hall–Kier alpha value is -1.68. The number of hydrogen-bond acceptors (Lipinski definition) is 4. The zero-order valence-electron chi connectivity index (χ0n) is 9.55. The number of rotatable bonds is 5. The van der Waals surface area contributed by atoms with Crippen LogP contribution in [-0.2, 0) is 6.42 Å². The minimum absolute atomic E-state index is 0.0705. The maximum atomic E-state index is 12.0. The van der Waals surface area contributed by atoms with Gasteiger partial charge in [0.15, 0.2) is 5.78 Å². The van der Waals surface area contributed by atoms with Crippen LogP contribution < -0.4 is 4.74 Å². The highest BCUT2D eigenvalue weighted by Gasteiger charge is 2.12. The van der Waals surface area contributed by atoms with Gasteiger partial charge < -0.3 is 4.74 Å². The molecule has 0 fully saturated rings. The van der Waals surface area contributed by atoms with Crippen molar-refractivity contribution in [1.29, 1.82) is 0 Å². The molecule has 2 aromatic heterocycles. The van der Waals surface area contributed by atoms with Gasteiger partial charge in [0.25, 0.3) is 0 Å². The van der Waals surface area contributed by atoms with E-state index in [1.165, 1.54) is 12.7 Å². The van der Waals surface area contributed by atoms with Crippen molar-refractivity contribution >= 4 is 17.1 Å². The molecule has 0 radical (unpaired) electrons. The van der Waals surface area contributed by atoms with Crippen molar-refractivity contribution in [2.75, 3.05) is 7.11 Å². The normalized spacial score (nSPS) is 10.2. The molecule has 0 aliphatic carbocycles. The summed E-state index contributed by atoms with van der Waals surface area (Å²) in [5.41, 5.74) is 1.76. The van der Waals surface area contributed by atoms with E-state index in [0.717, 1.165) is 6.42 Å². The second-order valence-corrected chi connectivity index (χ2v) is 4.40. The van der Waals surface area contributed by atoms with Gasteiger partial charge in [-0.05, 0) is 40.9 Å². The summed E-state index contributed by atoms with van der Waals surface area (Å²) in [6, 6.07) is 5.54. The molecular weight excluding hydrogens is 234 g/mol. The molecule has 17 heavy (non-hydrogen) atoms. The second kappa shape index (κ2) is 5.59. The van der Waals surface area contributed by atoms with E-state index in [0.29, 0.717) is 17.9 Å². The molecule has 4 heteroatoms. The van der Waals surface area contributed by atoms with E-state index in [-0.39, 0.29) is 5.78 Å². The highest BCUT2D eigenvalue weighted by atomic mass is 32.1. The van der Waals surface area contributed by atoms with Crippen LogP contribution in [0.4, 0.5) is 0 Å². The van der Waals surface area contributed by atoms with Gasteiger partial charge in [-0.3, -0.25) is 4.79 Å². The number of methoxy groups -OCH3 is 1. The summed E-state index contributed by atoms with van der Waals surface area (Å²) in [6.45, 7) is 0. The van der Waals surface area contributed by atoms with Crippen LogP contribution in [0.15, 0.2) is 35.2 Å². The quantitative estimate of drug-likeness (QED) is 0.762. The number of pyridine rings is 1. The van der Waals surface area contributed by atoms with E-state index in [1.807, 2.05) is 11.4 Å². The number of carbonyl (C=O) groups is 1. The van der Waals surface area contributed by atoms with Crippen LogP contribution in [0.2, 0.25) is 0 Å². The number of ether oxygens (including phenoxy) is 1. The van der Waals surface area contributed by atoms with Gasteiger partial charge in [0.2, 0.25) is 5.88 Å². The molecule has 0 spiro atoms. The largest absolute Gasteiger partial charge is 0.480 e. The van der Waals surface area contributed by atoms with E-state index >= 15 is 0 Å². The predicted octanol–water partition coefficient (Wildman–Crippen LogP) is 2.97. The highest BCUT2D eigenvalue weighted by molar-refractivity contribution is 7.07. The van der Waals surface area contributed by atoms with Crippen LogP contribution in [0, 0.1) is 0 Å². The van der Waals surface area contributed by atoms with E-state index in [2.05, 4.69) is 10.4 Å². The van der Waals surface area contributed by atoms with E-state index in [4.69, 9.17) is 4.74 Å². The third kappa shape index (κ3) is 2.91. The lowest BCUT2D eigenvalue weighted by Crippen LogP contribution is -2.04. The Kier molecular flexibility index (Phi) is 3.88. The molecule has 2 heterocycles. The van der Waals surface area contributed by atoms with Crippen LogP contribution in [-0.4, -0.2) is 17.9 Å². The van der Waals surface area contributed by atoms with Crippen LogP contribution in [0.3, 0.4) is 0 Å². The lowest BCUT2D eigenvalue weighted by atomic mass is 10.1. The Balaban J connectivity index is 2.04. The number of thiophene rings is 1. The summed E-state index contributed by atoms with van der Waals surface area (Å²) in [7, 11) is 1.53. The van der Waals surface area contributed by atoms with E-state index in [1.54, 1.807) is 29.7 Å². The molecule has 0 atom stereocenters. The molecule has 0 saturated carbocycles. The molecule has 0 N–H and O–H groups in total. The van der Waals surface area contributed by atoms with Gasteiger partial charge in [-0.25, -0.2) is 4.98 Å². The van der Waals surface area contributed by atoms with Crippen molar-refractivity contribution in [1.82, 2.24) is 4.98 Å². The molecule has 0 bridgehead atoms.